The molecule has 0 N–H and O–H groups in total. The Morgan fingerprint density at radius 3 is 2.88 bits per heavy atom. The van der Waals surface area contributed by atoms with Gasteiger partial charge in [0.05, 0.1) is 0 Å². The van der Waals surface area contributed by atoms with Gasteiger partial charge in [-0.2, -0.15) is 0 Å². The van der Waals surface area contributed by atoms with Crippen LogP contribution >= 0.6 is 11.8 Å². The van der Waals surface area contributed by atoms with Crippen molar-refractivity contribution in [1.82, 2.24) is 0 Å². The number of methoxy groups -OCH3 is 1. The number of carbonyl (C=O) groups excluding carboxylic acids is 1. The molecule has 0 bridgehead atoms. The molecule has 0 aliphatic heterocycles. The highest BCUT2D eigenvalue weighted by atomic mass is 32.2. The number of halogens is 1. The molecule has 0 unspecified atom stereocenters. The Hall–Kier alpha value is -1.07. The van der Waals surface area contributed by atoms with E-state index in [4.69, 9.17) is 9.47 Å². The predicted molar refractivity (Wildman–Crippen MR) is 60.9 cm³/mol. The summed E-state index contributed by atoms with van der Waals surface area (Å²) in [6, 6.07) is 4.52. The molecule has 88 valence electrons. The molecule has 0 amide bonds. The normalized spacial score (nSPS) is 10.2. The molecule has 3 nitrogen and oxygen atoms in total. The number of carbonyl (C=O) groups is 1. The zero-order valence-corrected chi connectivity index (χ0v) is 9.97. The van der Waals surface area contributed by atoms with Crippen molar-refractivity contribution >= 4 is 16.9 Å². The SMILES string of the molecule is COCOc1cc(CSC(C)=O)ccc1F. The topological polar surface area (TPSA) is 35.5 Å². The van der Waals surface area contributed by atoms with E-state index >= 15 is 0 Å². The van der Waals surface area contributed by atoms with Crippen LogP contribution in [0.15, 0.2) is 18.2 Å². The van der Waals surface area contributed by atoms with Crippen molar-refractivity contribution in [3.8, 4) is 5.75 Å². The van der Waals surface area contributed by atoms with Crippen molar-refractivity contribution in [3.05, 3.63) is 29.6 Å². The molecule has 1 rings (SSSR count). The van der Waals surface area contributed by atoms with Gasteiger partial charge < -0.3 is 9.47 Å². The van der Waals surface area contributed by atoms with Gasteiger partial charge in [0, 0.05) is 19.8 Å². The van der Waals surface area contributed by atoms with Crippen LogP contribution in [-0.2, 0) is 15.3 Å². The van der Waals surface area contributed by atoms with Crippen molar-refractivity contribution in [2.45, 2.75) is 12.7 Å². The molecule has 0 aliphatic rings. The van der Waals surface area contributed by atoms with Gasteiger partial charge in [0.2, 0.25) is 0 Å². The molecule has 0 spiro atoms. The number of thioether (sulfide) groups is 1. The first-order chi connectivity index (χ1) is 7.63. The number of ether oxygens (including phenoxy) is 2. The summed E-state index contributed by atoms with van der Waals surface area (Å²) >= 11 is 1.17. The lowest BCUT2D eigenvalue weighted by Crippen LogP contribution is -2.01. The summed E-state index contributed by atoms with van der Waals surface area (Å²) in [6.45, 7) is 1.50. The molecule has 0 fully saturated rings. The van der Waals surface area contributed by atoms with Crippen LogP contribution in [0.4, 0.5) is 4.39 Å². The first kappa shape index (κ1) is 13.0. The summed E-state index contributed by atoms with van der Waals surface area (Å²) in [5.74, 6) is 0.219. The van der Waals surface area contributed by atoms with Crippen LogP contribution in [0.3, 0.4) is 0 Å². The Bertz CT molecular complexity index is 368. The van der Waals surface area contributed by atoms with Gasteiger partial charge in [0.1, 0.15) is 0 Å². The molecular formula is C11H13FO3S. The zero-order chi connectivity index (χ0) is 12.0. The zero-order valence-electron chi connectivity index (χ0n) is 9.16. The number of benzene rings is 1. The van der Waals surface area contributed by atoms with E-state index in [1.165, 1.54) is 31.9 Å². The van der Waals surface area contributed by atoms with E-state index in [1.54, 1.807) is 12.1 Å². The van der Waals surface area contributed by atoms with Gasteiger partial charge in [-0.25, -0.2) is 4.39 Å². The van der Waals surface area contributed by atoms with E-state index in [1.807, 2.05) is 0 Å². The minimum Gasteiger partial charge on any atom is -0.464 e. The van der Waals surface area contributed by atoms with Crippen LogP contribution in [0.2, 0.25) is 0 Å². The molecule has 0 aromatic heterocycles. The summed E-state index contributed by atoms with van der Waals surface area (Å²) in [5.41, 5.74) is 0.840. The number of hydrogen-bond acceptors (Lipinski definition) is 4. The Kier molecular flexibility index (Phi) is 5.28. The van der Waals surface area contributed by atoms with E-state index in [9.17, 15) is 9.18 Å². The molecule has 1 aromatic rings. The minimum atomic E-state index is -0.436. The Morgan fingerprint density at radius 1 is 1.50 bits per heavy atom. The molecule has 0 saturated heterocycles. The predicted octanol–water partition coefficient (Wildman–Crippen LogP) is 2.59. The van der Waals surface area contributed by atoms with Crippen molar-refractivity contribution in [2.75, 3.05) is 13.9 Å². The molecule has 5 heteroatoms. The summed E-state index contributed by atoms with van der Waals surface area (Å²) in [6.07, 6.45) is 0. The summed E-state index contributed by atoms with van der Waals surface area (Å²) in [7, 11) is 1.47. The van der Waals surface area contributed by atoms with Crippen LogP contribution in [-0.4, -0.2) is 19.0 Å². The summed E-state index contributed by atoms with van der Waals surface area (Å²) in [5, 5.41) is 0.0312. The number of hydrogen-bond donors (Lipinski definition) is 0. The molecule has 0 saturated carbocycles. The lowest BCUT2D eigenvalue weighted by atomic mass is 10.2. The molecule has 1 aromatic carbocycles. The van der Waals surface area contributed by atoms with Crippen LogP contribution in [0.1, 0.15) is 12.5 Å². The van der Waals surface area contributed by atoms with E-state index in [-0.39, 0.29) is 17.7 Å². The highest BCUT2D eigenvalue weighted by Crippen LogP contribution is 2.22. The third kappa shape index (κ3) is 4.20. The van der Waals surface area contributed by atoms with E-state index < -0.39 is 5.82 Å². The van der Waals surface area contributed by atoms with Gasteiger partial charge in [0.15, 0.2) is 23.5 Å². The highest BCUT2D eigenvalue weighted by molar-refractivity contribution is 8.12. The molecule has 0 atom stereocenters. The van der Waals surface area contributed by atoms with Crippen LogP contribution in [0.25, 0.3) is 0 Å². The Morgan fingerprint density at radius 2 is 2.25 bits per heavy atom. The summed E-state index contributed by atoms with van der Waals surface area (Å²) in [4.78, 5) is 10.8. The fraction of sp³-hybridized carbons (Fsp3) is 0.364. The van der Waals surface area contributed by atoms with Gasteiger partial charge >= 0.3 is 0 Å². The standard InChI is InChI=1S/C11H13FO3S/c1-8(13)16-6-9-3-4-10(12)11(5-9)15-7-14-2/h3-5H,6-7H2,1-2H3. The molecule has 16 heavy (non-hydrogen) atoms. The quantitative estimate of drug-likeness (QED) is 0.746. The van der Waals surface area contributed by atoms with E-state index in [0.29, 0.717) is 5.75 Å². The Balaban J connectivity index is 2.68. The monoisotopic (exact) mass is 244 g/mol. The first-order valence-corrected chi connectivity index (χ1v) is 5.65. The highest BCUT2D eigenvalue weighted by Gasteiger charge is 2.05. The maximum absolute atomic E-state index is 13.2. The average molecular weight is 244 g/mol. The largest absolute Gasteiger partial charge is 0.464 e. The molecular weight excluding hydrogens is 231 g/mol. The summed E-state index contributed by atoms with van der Waals surface area (Å²) < 4.78 is 23.0. The number of rotatable bonds is 5. The molecule has 0 radical (unpaired) electrons. The fourth-order valence-corrected chi connectivity index (χ4v) is 1.61. The van der Waals surface area contributed by atoms with Crippen LogP contribution in [0.5, 0.6) is 5.75 Å². The second kappa shape index (κ2) is 6.50. The second-order valence-corrected chi connectivity index (χ2v) is 4.25. The van der Waals surface area contributed by atoms with Gasteiger partial charge in [-0.3, -0.25) is 4.79 Å². The first-order valence-electron chi connectivity index (χ1n) is 4.67. The minimum absolute atomic E-state index is 0.000223. The molecule has 0 heterocycles. The third-order valence-electron chi connectivity index (χ3n) is 1.77. The lowest BCUT2D eigenvalue weighted by Gasteiger charge is -2.07. The van der Waals surface area contributed by atoms with Crippen molar-refractivity contribution in [3.63, 3.8) is 0 Å². The van der Waals surface area contributed by atoms with Crippen LogP contribution in [0, 0.1) is 5.82 Å². The van der Waals surface area contributed by atoms with Crippen molar-refractivity contribution in [2.24, 2.45) is 0 Å². The lowest BCUT2D eigenvalue weighted by molar-refractivity contribution is -0.109. The van der Waals surface area contributed by atoms with Crippen LogP contribution < -0.4 is 4.74 Å². The van der Waals surface area contributed by atoms with Crippen molar-refractivity contribution in [1.29, 1.82) is 0 Å². The third-order valence-corrected chi connectivity index (χ3v) is 2.65. The van der Waals surface area contributed by atoms with Gasteiger partial charge in [-0.15, -0.1) is 0 Å². The Labute approximate surface area is 97.9 Å². The van der Waals surface area contributed by atoms with E-state index in [2.05, 4.69) is 0 Å². The smallest absolute Gasteiger partial charge is 0.188 e. The second-order valence-electron chi connectivity index (χ2n) is 3.10. The molecule has 0 aliphatic carbocycles. The van der Waals surface area contributed by atoms with Gasteiger partial charge in [0.25, 0.3) is 0 Å². The maximum atomic E-state index is 13.2. The van der Waals surface area contributed by atoms with Crippen molar-refractivity contribution < 1.29 is 18.7 Å². The fourth-order valence-electron chi connectivity index (χ4n) is 1.06. The maximum Gasteiger partial charge on any atom is 0.188 e. The average Bonchev–Trinajstić information content (AvgIpc) is 2.26. The van der Waals surface area contributed by atoms with E-state index in [0.717, 1.165) is 5.56 Å². The van der Waals surface area contributed by atoms with Gasteiger partial charge in [-0.1, -0.05) is 17.8 Å². The van der Waals surface area contributed by atoms with Gasteiger partial charge in [-0.05, 0) is 17.7 Å².